The van der Waals surface area contributed by atoms with Crippen LogP contribution in [-0.4, -0.2) is 33.6 Å². The first kappa shape index (κ1) is 15.0. The van der Waals surface area contributed by atoms with Crippen molar-refractivity contribution in [1.82, 2.24) is 5.32 Å². The zero-order valence-electron chi connectivity index (χ0n) is 11.0. The summed E-state index contributed by atoms with van der Waals surface area (Å²) in [4.78, 5) is 0. The highest BCUT2D eigenvalue weighted by molar-refractivity contribution is 7.91. The van der Waals surface area contributed by atoms with Gasteiger partial charge < -0.3 is 10.1 Å². The standard InChI is InChI=1S/C13H21NO3S/c1-3-9-18(15,16)10-8-14-11-12-6-4-5-7-13(12)17-2/h4-7,14H,3,8-11H2,1-2H3. The van der Waals surface area contributed by atoms with E-state index in [1.165, 1.54) is 0 Å². The predicted molar refractivity (Wildman–Crippen MR) is 73.6 cm³/mol. The average molecular weight is 271 g/mol. The van der Waals surface area contributed by atoms with Gasteiger partial charge in [-0.3, -0.25) is 0 Å². The van der Waals surface area contributed by atoms with E-state index in [4.69, 9.17) is 4.74 Å². The maximum atomic E-state index is 11.5. The Morgan fingerprint density at radius 3 is 2.61 bits per heavy atom. The Kier molecular flexibility index (Phi) is 6.15. The van der Waals surface area contributed by atoms with E-state index in [9.17, 15) is 8.42 Å². The number of methoxy groups -OCH3 is 1. The lowest BCUT2D eigenvalue weighted by molar-refractivity contribution is 0.408. The number of nitrogens with one attached hydrogen (secondary N) is 1. The third-order valence-electron chi connectivity index (χ3n) is 2.61. The van der Waals surface area contributed by atoms with Crippen LogP contribution in [-0.2, 0) is 16.4 Å². The molecule has 18 heavy (non-hydrogen) atoms. The molecule has 1 rings (SSSR count). The second kappa shape index (κ2) is 7.38. The van der Waals surface area contributed by atoms with Crippen LogP contribution >= 0.6 is 0 Å². The third kappa shape index (κ3) is 5.06. The van der Waals surface area contributed by atoms with E-state index in [-0.39, 0.29) is 11.5 Å². The van der Waals surface area contributed by atoms with Crippen LogP contribution in [0.3, 0.4) is 0 Å². The number of sulfone groups is 1. The van der Waals surface area contributed by atoms with Crippen LogP contribution in [0.4, 0.5) is 0 Å². The topological polar surface area (TPSA) is 55.4 Å². The largest absolute Gasteiger partial charge is 0.496 e. The highest BCUT2D eigenvalue weighted by Gasteiger charge is 2.08. The van der Waals surface area contributed by atoms with Crippen LogP contribution < -0.4 is 10.1 Å². The number of benzene rings is 1. The van der Waals surface area contributed by atoms with E-state index in [1.807, 2.05) is 31.2 Å². The molecule has 0 heterocycles. The Hall–Kier alpha value is -1.07. The summed E-state index contributed by atoms with van der Waals surface area (Å²) >= 11 is 0. The molecule has 0 unspecified atom stereocenters. The molecule has 0 aliphatic rings. The molecule has 0 atom stereocenters. The Bertz CT molecular complexity index is 457. The van der Waals surface area contributed by atoms with Crippen molar-refractivity contribution in [3.63, 3.8) is 0 Å². The second-order valence-electron chi connectivity index (χ2n) is 4.14. The van der Waals surface area contributed by atoms with Gasteiger partial charge in [-0.25, -0.2) is 8.42 Å². The van der Waals surface area contributed by atoms with Crippen molar-refractivity contribution < 1.29 is 13.2 Å². The lowest BCUT2D eigenvalue weighted by Gasteiger charge is -2.09. The fourth-order valence-corrected chi connectivity index (χ4v) is 2.99. The number of para-hydroxylation sites is 1. The first-order valence-corrected chi connectivity index (χ1v) is 7.94. The van der Waals surface area contributed by atoms with Gasteiger partial charge in [-0.2, -0.15) is 0 Å². The van der Waals surface area contributed by atoms with Gasteiger partial charge in [-0.1, -0.05) is 25.1 Å². The molecule has 4 nitrogen and oxygen atoms in total. The van der Waals surface area contributed by atoms with Gasteiger partial charge in [0.1, 0.15) is 5.75 Å². The predicted octanol–water partition coefficient (Wildman–Crippen LogP) is 1.61. The molecule has 0 aliphatic carbocycles. The molecule has 0 radical (unpaired) electrons. The second-order valence-corrected chi connectivity index (χ2v) is 6.44. The molecule has 5 heteroatoms. The fourth-order valence-electron chi connectivity index (χ4n) is 1.71. The zero-order chi connectivity index (χ0) is 13.4. The van der Waals surface area contributed by atoms with E-state index in [0.717, 1.165) is 11.3 Å². The van der Waals surface area contributed by atoms with E-state index in [1.54, 1.807) is 7.11 Å². The van der Waals surface area contributed by atoms with Gasteiger partial charge in [0, 0.05) is 24.4 Å². The Morgan fingerprint density at radius 2 is 1.94 bits per heavy atom. The van der Waals surface area contributed by atoms with Crippen molar-refractivity contribution >= 4 is 9.84 Å². The van der Waals surface area contributed by atoms with Gasteiger partial charge in [0.15, 0.2) is 9.84 Å². The monoisotopic (exact) mass is 271 g/mol. The van der Waals surface area contributed by atoms with Crippen LogP contribution in [0.5, 0.6) is 5.75 Å². The number of hydrogen-bond donors (Lipinski definition) is 1. The van der Waals surface area contributed by atoms with Gasteiger partial charge in [0.05, 0.1) is 12.9 Å². The van der Waals surface area contributed by atoms with Crippen LogP contribution in [0, 0.1) is 0 Å². The van der Waals surface area contributed by atoms with Crippen LogP contribution in [0.2, 0.25) is 0 Å². The molecule has 0 aliphatic heterocycles. The molecule has 1 aromatic carbocycles. The van der Waals surface area contributed by atoms with E-state index >= 15 is 0 Å². The van der Waals surface area contributed by atoms with E-state index < -0.39 is 9.84 Å². The molecule has 0 amide bonds. The van der Waals surface area contributed by atoms with Crippen molar-refractivity contribution in [2.75, 3.05) is 25.2 Å². The summed E-state index contributed by atoms with van der Waals surface area (Å²) < 4.78 is 28.2. The summed E-state index contributed by atoms with van der Waals surface area (Å²) in [5, 5.41) is 3.13. The third-order valence-corrected chi connectivity index (χ3v) is 4.47. The van der Waals surface area contributed by atoms with Gasteiger partial charge in [-0.05, 0) is 12.5 Å². The molecular formula is C13H21NO3S. The Labute approximate surface area is 109 Å². The summed E-state index contributed by atoms with van der Waals surface area (Å²) in [6, 6.07) is 7.71. The normalized spacial score (nSPS) is 11.4. The van der Waals surface area contributed by atoms with Crippen molar-refractivity contribution in [3.05, 3.63) is 29.8 Å². The molecule has 0 spiro atoms. The molecule has 0 fully saturated rings. The molecule has 0 aromatic heterocycles. The summed E-state index contributed by atoms with van der Waals surface area (Å²) in [5.41, 5.74) is 1.04. The molecule has 0 saturated carbocycles. The molecule has 0 saturated heterocycles. The molecule has 0 bridgehead atoms. The first-order chi connectivity index (χ1) is 8.59. The Balaban J connectivity index is 2.38. The maximum absolute atomic E-state index is 11.5. The summed E-state index contributed by atoms with van der Waals surface area (Å²) in [6.45, 7) is 2.96. The lowest BCUT2D eigenvalue weighted by Crippen LogP contribution is -2.24. The van der Waals surface area contributed by atoms with Crippen molar-refractivity contribution in [1.29, 1.82) is 0 Å². The first-order valence-electron chi connectivity index (χ1n) is 6.12. The summed E-state index contributed by atoms with van der Waals surface area (Å²) in [7, 11) is -1.27. The van der Waals surface area contributed by atoms with Gasteiger partial charge >= 0.3 is 0 Å². The smallest absolute Gasteiger partial charge is 0.151 e. The lowest BCUT2D eigenvalue weighted by atomic mass is 10.2. The van der Waals surface area contributed by atoms with E-state index in [0.29, 0.717) is 19.5 Å². The minimum absolute atomic E-state index is 0.190. The minimum Gasteiger partial charge on any atom is -0.496 e. The van der Waals surface area contributed by atoms with Crippen molar-refractivity contribution in [2.24, 2.45) is 0 Å². The van der Waals surface area contributed by atoms with Crippen molar-refractivity contribution in [3.8, 4) is 5.75 Å². The van der Waals surface area contributed by atoms with Crippen LogP contribution in [0.15, 0.2) is 24.3 Å². The minimum atomic E-state index is -2.90. The summed E-state index contributed by atoms with van der Waals surface area (Å²) in [5.74, 6) is 1.28. The highest BCUT2D eigenvalue weighted by atomic mass is 32.2. The molecule has 1 aromatic rings. The molecule has 1 N–H and O–H groups in total. The average Bonchev–Trinajstić information content (AvgIpc) is 2.35. The van der Waals surface area contributed by atoms with Gasteiger partial charge in [0.2, 0.25) is 0 Å². The van der Waals surface area contributed by atoms with Crippen LogP contribution in [0.25, 0.3) is 0 Å². The highest BCUT2D eigenvalue weighted by Crippen LogP contribution is 2.16. The van der Waals surface area contributed by atoms with Crippen molar-refractivity contribution in [2.45, 2.75) is 19.9 Å². The maximum Gasteiger partial charge on any atom is 0.151 e. The fraction of sp³-hybridized carbons (Fsp3) is 0.538. The number of hydrogen-bond acceptors (Lipinski definition) is 4. The molecular weight excluding hydrogens is 250 g/mol. The zero-order valence-corrected chi connectivity index (χ0v) is 11.8. The SMILES string of the molecule is CCCS(=O)(=O)CCNCc1ccccc1OC. The van der Waals surface area contributed by atoms with E-state index in [2.05, 4.69) is 5.32 Å². The molecule has 102 valence electrons. The number of ether oxygens (including phenoxy) is 1. The van der Waals surface area contributed by atoms with Gasteiger partial charge in [0.25, 0.3) is 0 Å². The van der Waals surface area contributed by atoms with Gasteiger partial charge in [-0.15, -0.1) is 0 Å². The van der Waals surface area contributed by atoms with Crippen LogP contribution in [0.1, 0.15) is 18.9 Å². The Morgan fingerprint density at radius 1 is 1.22 bits per heavy atom. The number of rotatable bonds is 8. The summed E-state index contributed by atoms with van der Waals surface area (Å²) in [6.07, 6.45) is 0.675. The quantitative estimate of drug-likeness (QED) is 0.730.